The molecule has 0 radical (unpaired) electrons. The molecule has 0 nitrogen and oxygen atoms in total. The first-order valence-corrected chi connectivity index (χ1v) is 4.35. The Labute approximate surface area is 76.4 Å². The van der Waals surface area contributed by atoms with Crippen LogP contribution in [-0.4, -0.2) is 0 Å². The molecule has 0 bridgehead atoms. The van der Waals surface area contributed by atoms with E-state index in [0.29, 0.717) is 0 Å². The largest absolute Gasteiger partial charge is 0.115 e. The van der Waals surface area contributed by atoms with Crippen LogP contribution in [0.15, 0.2) is 23.8 Å². The van der Waals surface area contributed by atoms with Crippen molar-refractivity contribution >= 4 is 0 Å². The summed E-state index contributed by atoms with van der Waals surface area (Å²) in [6.07, 6.45) is 12.4. The van der Waals surface area contributed by atoms with Gasteiger partial charge in [0.15, 0.2) is 0 Å². The normalized spacial score (nSPS) is 13.4. The molecule has 0 rings (SSSR count). The highest BCUT2D eigenvalue weighted by Gasteiger charge is 2.13. The van der Waals surface area contributed by atoms with Crippen LogP contribution in [0.25, 0.3) is 0 Å². The molecule has 0 saturated heterocycles. The molecule has 0 amide bonds. The van der Waals surface area contributed by atoms with Crippen LogP contribution in [0.3, 0.4) is 0 Å². The van der Waals surface area contributed by atoms with Crippen LogP contribution in [0.5, 0.6) is 0 Å². The van der Waals surface area contributed by atoms with Crippen molar-refractivity contribution in [2.45, 2.75) is 34.1 Å². The fourth-order valence-electron chi connectivity index (χ4n) is 0.849. The Hall–Kier alpha value is -0.960. The topological polar surface area (TPSA) is 0 Å². The Bertz CT molecular complexity index is 215. The van der Waals surface area contributed by atoms with Crippen molar-refractivity contribution in [3.63, 3.8) is 0 Å². The van der Waals surface area contributed by atoms with Gasteiger partial charge in [0.05, 0.1) is 0 Å². The molecule has 0 aromatic rings. The number of allylic oxidation sites excluding steroid dienone is 4. The van der Waals surface area contributed by atoms with E-state index in [4.69, 9.17) is 6.42 Å². The Morgan fingerprint density at radius 3 is 2.33 bits per heavy atom. The molecule has 0 heteroatoms. The maximum Gasteiger partial charge on any atom is -0.00842 e. The van der Waals surface area contributed by atoms with Crippen LogP contribution in [0.1, 0.15) is 34.1 Å². The minimum absolute atomic E-state index is 0.151. The van der Waals surface area contributed by atoms with E-state index in [1.165, 1.54) is 5.57 Å². The first-order valence-electron chi connectivity index (χ1n) is 4.35. The fraction of sp³-hybridized carbons (Fsp3) is 0.500. The van der Waals surface area contributed by atoms with E-state index in [2.05, 4.69) is 45.8 Å². The lowest BCUT2D eigenvalue weighted by molar-refractivity contribution is 0.517. The van der Waals surface area contributed by atoms with Crippen LogP contribution >= 0.6 is 0 Å². The van der Waals surface area contributed by atoms with Crippen LogP contribution in [0, 0.1) is 17.8 Å². The summed E-state index contributed by atoms with van der Waals surface area (Å²) >= 11 is 0. The van der Waals surface area contributed by atoms with Gasteiger partial charge in [0, 0.05) is 0 Å². The third kappa shape index (κ3) is 4.03. The quantitative estimate of drug-likeness (QED) is 0.430. The number of hydrogen-bond donors (Lipinski definition) is 0. The Morgan fingerprint density at radius 2 is 2.00 bits per heavy atom. The smallest absolute Gasteiger partial charge is 0.00842 e. The molecule has 0 aliphatic carbocycles. The molecule has 66 valence electrons. The SMILES string of the molecule is C#C/C=C(\C=C/CC)C(C)(C)C. The van der Waals surface area contributed by atoms with Gasteiger partial charge in [-0.2, -0.15) is 0 Å². The standard InChI is InChI=1S/C12H18/c1-6-8-10-11(9-7-2)12(3,4)5/h2,8-10H,6H2,1,3-5H3/b10-8-,11-9+. The molecule has 0 atom stereocenters. The molecule has 0 aliphatic rings. The molecule has 0 fully saturated rings. The lowest BCUT2D eigenvalue weighted by atomic mass is 9.86. The van der Waals surface area contributed by atoms with E-state index in [-0.39, 0.29) is 5.41 Å². The van der Waals surface area contributed by atoms with Gasteiger partial charge in [0.1, 0.15) is 0 Å². The van der Waals surface area contributed by atoms with E-state index in [1.807, 2.05) is 6.08 Å². The summed E-state index contributed by atoms with van der Waals surface area (Å²) in [6, 6.07) is 0. The average molecular weight is 162 g/mol. The number of rotatable bonds is 2. The highest BCUT2D eigenvalue weighted by Crippen LogP contribution is 2.25. The fourth-order valence-corrected chi connectivity index (χ4v) is 0.849. The minimum atomic E-state index is 0.151. The summed E-state index contributed by atoms with van der Waals surface area (Å²) in [7, 11) is 0. The number of terminal acetylenes is 1. The first-order chi connectivity index (χ1) is 5.52. The summed E-state index contributed by atoms with van der Waals surface area (Å²) in [5.74, 6) is 2.57. The van der Waals surface area contributed by atoms with E-state index in [1.54, 1.807) is 0 Å². The molecule has 0 saturated carbocycles. The lowest BCUT2D eigenvalue weighted by Gasteiger charge is -2.19. The number of hydrogen-bond acceptors (Lipinski definition) is 0. The predicted molar refractivity (Wildman–Crippen MR) is 55.8 cm³/mol. The molecule has 0 aliphatic heterocycles. The third-order valence-corrected chi connectivity index (χ3v) is 1.64. The van der Waals surface area contributed by atoms with Crippen molar-refractivity contribution < 1.29 is 0 Å². The van der Waals surface area contributed by atoms with E-state index < -0.39 is 0 Å². The summed E-state index contributed by atoms with van der Waals surface area (Å²) < 4.78 is 0. The zero-order chi connectivity index (χ0) is 9.61. The van der Waals surface area contributed by atoms with Gasteiger partial charge >= 0.3 is 0 Å². The zero-order valence-electron chi connectivity index (χ0n) is 8.52. The highest BCUT2D eigenvalue weighted by atomic mass is 14.2. The average Bonchev–Trinajstić information content (AvgIpc) is 1.95. The molecule has 0 heterocycles. The third-order valence-electron chi connectivity index (χ3n) is 1.64. The Morgan fingerprint density at radius 1 is 1.42 bits per heavy atom. The second kappa shape index (κ2) is 4.83. The lowest BCUT2D eigenvalue weighted by Crippen LogP contribution is -2.07. The van der Waals surface area contributed by atoms with Gasteiger partial charge in [-0.05, 0) is 23.5 Å². The van der Waals surface area contributed by atoms with Crippen molar-refractivity contribution in [3.8, 4) is 12.3 Å². The van der Waals surface area contributed by atoms with Crippen molar-refractivity contribution in [3.05, 3.63) is 23.8 Å². The van der Waals surface area contributed by atoms with Gasteiger partial charge in [-0.1, -0.05) is 45.8 Å². The van der Waals surface area contributed by atoms with Gasteiger partial charge in [0.2, 0.25) is 0 Å². The van der Waals surface area contributed by atoms with Crippen LogP contribution in [0.2, 0.25) is 0 Å². The Balaban J connectivity index is 4.61. The molecule has 0 N–H and O–H groups in total. The van der Waals surface area contributed by atoms with E-state index in [9.17, 15) is 0 Å². The van der Waals surface area contributed by atoms with Gasteiger partial charge in [0.25, 0.3) is 0 Å². The van der Waals surface area contributed by atoms with Crippen molar-refractivity contribution in [2.75, 3.05) is 0 Å². The van der Waals surface area contributed by atoms with Gasteiger partial charge in [-0.15, -0.1) is 6.42 Å². The summed E-state index contributed by atoms with van der Waals surface area (Å²) in [4.78, 5) is 0. The molecule has 0 aromatic carbocycles. The second-order valence-corrected chi connectivity index (χ2v) is 3.83. The molecule has 0 unspecified atom stereocenters. The minimum Gasteiger partial charge on any atom is -0.115 e. The van der Waals surface area contributed by atoms with Gasteiger partial charge in [-0.25, -0.2) is 0 Å². The molecule has 0 aromatic heterocycles. The van der Waals surface area contributed by atoms with Crippen molar-refractivity contribution in [1.82, 2.24) is 0 Å². The summed E-state index contributed by atoms with van der Waals surface area (Å²) in [5, 5.41) is 0. The maximum atomic E-state index is 5.24. The van der Waals surface area contributed by atoms with Gasteiger partial charge < -0.3 is 0 Å². The summed E-state index contributed by atoms with van der Waals surface area (Å²) in [6.45, 7) is 8.61. The maximum absolute atomic E-state index is 5.24. The monoisotopic (exact) mass is 162 g/mol. The molecule has 0 spiro atoms. The molecular weight excluding hydrogens is 144 g/mol. The highest BCUT2D eigenvalue weighted by molar-refractivity contribution is 5.31. The van der Waals surface area contributed by atoms with E-state index >= 15 is 0 Å². The van der Waals surface area contributed by atoms with Crippen LogP contribution < -0.4 is 0 Å². The van der Waals surface area contributed by atoms with Gasteiger partial charge in [-0.3, -0.25) is 0 Å². The van der Waals surface area contributed by atoms with E-state index in [0.717, 1.165) is 6.42 Å². The van der Waals surface area contributed by atoms with Crippen LogP contribution in [-0.2, 0) is 0 Å². The predicted octanol–water partition coefficient (Wildman–Crippen LogP) is 3.56. The van der Waals surface area contributed by atoms with Crippen LogP contribution in [0.4, 0.5) is 0 Å². The van der Waals surface area contributed by atoms with Crippen molar-refractivity contribution in [1.29, 1.82) is 0 Å². The molecule has 12 heavy (non-hydrogen) atoms. The summed E-state index contributed by atoms with van der Waals surface area (Å²) in [5.41, 5.74) is 1.37. The second-order valence-electron chi connectivity index (χ2n) is 3.83. The first kappa shape index (κ1) is 11.0. The Kier molecular flexibility index (Phi) is 4.44. The zero-order valence-corrected chi connectivity index (χ0v) is 8.52. The molecular formula is C12H18. The van der Waals surface area contributed by atoms with Crippen molar-refractivity contribution in [2.24, 2.45) is 5.41 Å².